The lowest BCUT2D eigenvalue weighted by molar-refractivity contribution is -0.909. The summed E-state index contributed by atoms with van der Waals surface area (Å²) in [6, 6.07) is 13.1. The van der Waals surface area contributed by atoms with E-state index >= 15 is 0 Å². The average Bonchev–Trinajstić information content (AvgIpc) is 3.56. The zero-order chi connectivity index (χ0) is 23.5. The van der Waals surface area contributed by atoms with Crippen molar-refractivity contribution in [1.29, 1.82) is 0 Å². The Bertz CT molecular complexity index is 1030. The largest absolute Gasteiger partial charge is 0.465 e. The van der Waals surface area contributed by atoms with Crippen molar-refractivity contribution in [2.24, 2.45) is 0 Å². The fourth-order valence-electron chi connectivity index (χ4n) is 4.12. The van der Waals surface area contributed by atoms with Gasteiger partial charge in [-0.05, 0) is 36.6 Å². The Labute approximate surface area is 188 Å². The minimum Gasteiger partial charge on any atom is -0.465 e. The van der Waals surface area contributed by atoms with Crippen LogP contribution in [-0.2, 0) is 25.7 Å². The first-order chi connectivity index (χ1) is 15.1. The smallest absolute Gasteiger partial charge is 0.362 e. The van der Waals surface area contributed by atoms with Gasteiger partial charge in [-0.1, -0.05) is 36.4 Å². The van der Waals surface area contributed by atoms with E-state index in [4.69, 9.17) is 9.47 Å². The van der Waals surface area contributed by atoms with Crippen LogP contribution in [-0.4, -0.2) is 55.6 Å². The summed E-state index contributed by atoms with van der Waals surface area (Å²) in [7, 11) is 5.04. The number of carbonyl (C=O) groups excluding carboxylic acids is 3. The molecule has 0 aromatic heterocycles. The molecule has 0 bridgehead atoms. The molecule has 0 unspecified atom stereocenters. The second kappa shape index (κ2) is 9.12. The van der Waals surface area contributed by atoms with E-state index in [1.165, 1.54) is 7.11 Å². The van der Waals surface area contributed by atoms with E-state index in [9.17, 15) is 14.4 Å². The van der Waals surface area contributed by atoms with Gasteiger partial charge in [0.1, 0.15) is 6.61 Å². The van der Waals surface area contributed by atoms with E-state index in [2.05, 4.69) is 5.32 Å². The number of quaternary nitrogens is 1. The van der Waals surface area contributed by atoms with Crippen LogP contribution in [0.4, 0.5) is 5.69 Å². The summed E-state index contributed by atoms with van der Waals surface area (Å²) in [5, 5.41) is 2.95. The Balaban J connectivity index is 1.73. The van der Waals surface area contributed by atoms with Crippen LogP contribution in [0.3, 0.4) is 0 Å². The Morgan fingerprint density at radius 3 is 2.31 bits per heavy atom. The third-order valence-corrected chi connectivity index (χ3v) is 6.20. The summed E-state index contributed by atoms with van der Waals surface area (Å²) >= 11 is 0. The first-order valence-corrected chi connectivity index (χ1v) is 10.6. The Morgan fingerprint density at radius 1 is 1.06 bits per heavy atom. The second-order valence-electron chi connectivity index (χ2n) is 8.97. The summed E-state index contributed by atoms with van der Waals surface area (Å²) in [5.41, 5.74) is 2.61. The van der Waals surface area contributed by atoms with Gasteiger partial charge in [0.25, 0.3) is 5.91 Å². The minimum atomic E-state index is -0.753. The molecule has 1 aliphatic carbocycles. The molecule has 1 N–H and O–H groups in total. The van der Waals surface area contributed by atoms with Gasteiger partial charge >= 0.3 is 11.9 Å². The third kappa shape index (κ3) is 4.83. The molecule has 170 valence electrons. The maximum absolute atomic E-state index is 13.4. The maximum Gasteiger partial charge on any atom is 0.362 e. The van der Waals surface area contributed by atoms with Gasteiger partial charge in [0, 0.05) is 12.8 Å². The summed E-state index contributed by atoms with van der Waals surface area (Å²) in [6.07, 6.45) is 1.30. The molecule has 0 saturated heterocycles. The number of likely N-dealkylation sites (N-methyl/N-ethyl adjacent to an activating group) is 1. The van der Waals surface area contributed by atoms with E-state index in [0.717, 1.165) is 16.7 Å². The quantitative estimate of drug-likeness (QED) is 0.504. The molecule has 7 nitrogen and oxygen atoms in total. The molecule has 2 aromatic rings. The van der Waals surface area contributed by atoms with Crippen molar-refractivity contribution in [2.75, 3.05) is 33.1 Å². The Kier molecular flexibility index (Phi) is 6.69. The highest BCUT2D eigenvalue weighted by molar-refractivity contribution is 6.05. The van der Waals surface area contributed by atoms with Gasteiger partial charge in [-0.15, -0.1) is 0 Å². The van der Waals surface area contributed by atoms with Crippen molar-refractivity contribution in [1.82, 2.24) is 0 Å². The topological polar surface area (TPSA) is 81.7 Å². The van der Waals surface area contributed by atoms with E-state index in [-0.39, 0.29) is 29.5 Å². The van der Waals surface area contributed by atoms with Crippen molar-refractivity contribution in [3.8, 4) is 0 Å². The van der Waals surface area contributed by atoms with Gasteiger partial charge in [-0.3, -0.25) is 4.79 Å². The SMILES string of the molecule is COC(=O)c1cc(C)cc(C)c1NC(=O)C1([N+](C)(C)CC(=O)OCc2ccccc2)CC1. The zero-order valence-electron chi connectivity index (χ0n) is 19.4. The highest BCUT2D eigenvalue weighted by Crippen LogP contribution is 2.46. The molecule has 1 fully saturated rings. The molecule has 2 aromatic carbocycles. The number of hydrogen-bond acceptors (Lipinski definition) is 5. The number of nitrogens with one attached hydrogen (secondary N) is 1. The summed E-state index contributed by atoms with van der Waals surface area (Å²) in [4.78, 5) is 38.2. The number of rotatable bonds is 8. The highest BCUT2D eigenvalue weighted by atomic mass is 16.5. The van der Waals surface area contributed by atoms with E-state index in [1.807, 2.05) is 64.3 Å². The second-order valence-corrected chi connectivity index (χ2v) is 8.97. The number of hydrogen-bond donors (Lipinski definition) is 1. The van der Waals surface area contributed by atoms with Crippen LogP contribution in [0.15, 0.2) is 42.5 Å². The van der Waals surface area contributed by atoms with Crippen molar-refractivity contribution in [2.45, 2.75) is 38.8 Å². The lowest BCUT2D eigenvalue weighted by Crippen LogP contribution is -2.59. The van der Waals surface area contributed by atoms with E-state index < -0.39 is 11.5 Å². The maximum atomic E-state index is 13.4. The number of anilines is 1. The molecule has 1 aliphatic rings. The van der Waals surface area contributed by atoms with Crippen LogP contribution >= 0.6 is 0 Å². The fourth-order valence-corrected chi connectivity index (χ4v) is 4.12. The number of nitrogens with zero attached hydrogens (tertiary/aromatic N) is 1. The van der Waals surface area contributed by atoms with Gasteiger partial charge < -0.3 is 19.3 Å². The molecule has 1 saturated carbocycles. The summed E-state index contributed by atoms with van der Waals surface area (Å²) in [6.45, 7) is 3.99. The van der Waals surface area contributed by atoms with Gasteiger partial charge in [0.15, 0.2) is 12.1 Å². The van der Waals surface area contributed by atoms with Gasteiger partial charge in [-0.2, -0.15) is 0 Å². The Hall–Kier alpha value is -3.19. The van der Waals surface area contributed by atoms with Gasteiger partial charge in [-0.25, -0.2) is 9.59 Å². The van der Waals surface area contributed by atoms with Crippen LogP contribution in [0.2, 0.25) is 0 Å². The predicted molar refractivity (Wildman–Crippen MR) is 121 cm³/mol. The van der Waals surface area contributed by atoms with Gasteiger partial charge in [0.2, 0.25) is 0 Å². The van der Waals surface area contributed by atoms with Crippen molar-refractivity contribution < 1.29 is 28.3 Å². The lowest BCUT2D eigenvalue weighted by Gasteiger charge is -2.36. The monoisotopic (exact) mass is 439 g/mol. The van der Waals surface area contributed by atoms with Crippen molar-refractivity contribution in [3.05, 3.63) is 64.7 Å². The standard InChI is InChI=1S/C25H30N2O5/c1-17-13-18(2)22(20(14-17)23(29)31-5)26-24(30)25(11-12-25)27(3,4)15-21(28)32-16-19-9-7-6-8-10-19/h6-10,13-14H,11-12,15-16H2,1-5H3/p+1. The van der Waals surface area contributed by atoms with Crippen LogP contribution in [0.1, 0.15) is 39.9 Å². The molecule has 0 aliphatic heterocycles. The molecule has 0 radical (unpaired) electrons. The molecule has 1 amide bonds. The van der Waals surface area contributed by atoms with Crippen molar-refractivity contribution >= 4 is 23.5 Å². The molecule has 0 atom stereocenters. The molecular weight excluding hydrogens is 408 g/mol. The normalized spacial score (nSPS) is 14.4. The third-order valence-electron chi connectivity index (χ3n) is 6.20. The molecule has 3 rings (SSSR count). The number of aryl methyl sites for hydroxylation is 2. The van der Waals surface area contributed by atoms with Crippen molar-refractivity contribution in [3.63, 3.8) is 0 Å². The number of amides is 1. The molecule has 0 heterocycles. The van der Waals surface area contributed by atoms with E-state index in [1.54, 1.807) is 6.07 Å². The molecule has 7 heteroatoms. The van der Waals surface area contributed by atoms with Crippen LogP contribution in [0, 0.1) is 13.8 Å². The first-order valence-electron chi connectivity index (χ1n) is 10.6. The lowest BCUT2D eigenvalue weighted by atomic mass is 10.0. The summed E-state index contributed by atoms with van der Waals surface area (Å²) in [5.74, 6) is -1.08. The average molecular weight is 440 g/mol. The minimum absolute atomic E-state index is 0.0665. The molecular formula is C25H31N2O5+. The number of esters is 2. The molecule has 32 heavy (non-hydrogen) atoms. The fraction of sp³-hybridized carbons (Fsp3) is 0.400. The summed E-state index contributed by atoms with van der Waals surface area (Å²) < 4.78 is 10.5. The predicted octanol–water partition coefficient (Wildman–Crippen LogP) is 3.38. The Morgan fingerprint density at radius 2 is 1.72 bits per heavy atom. The van der Waals surface area contributed by atoms with Crippen LogP contribution in [0.5, 0.6) is 0 Å². The first kappa shape index (κ1) is 23.5. The molecule has 0 spiro atoms. The van der Waals surface area contributed by atoms with Crippen LogP contribution < -0.4 is 5.32 Å². The number of ether oxygens (including phenoxy) is 2. The van der Waals surface area contributed by atoms with Crippen LogP contribution in [0.25, 0.3) is 0 Å². The number of methoxy groups -OCH3 is 1. The number of benzene rings is 2. The zero-order valence-corrected chi connectivity index (χ0v) is 19.4. The number of carbonyl (C=O) groups is 3. The highest BCUT2D eigenvalue weighted by Gasteiger charge is 2.63. The van der Waals surface area contributed by atoms with E-state index in [0.29, 0.717) is 24.1 Å². The van der Waals surface area contributed by atoms with Gasteiger partial charge in [0.05, 0.1) is 32.5 Å².